The molecule has 0 aromatic heterocycles. The van der Waals surface area contributed by atoms with Crippen LogP contribution in [0.5, 0.6) is 0 Å². The number of alkyl halides is 6. The molecule has 0 saturated carbocycles. The second-order valence-electron chi connectivity index (χ2n) is 3.43. The summed E-state index contributed by atoms with van der Waals surface area (Å²) in [5, 5.41) is 0. The van der Waals surface area contributed by atoms with E-state index >= 15 is 0 Å². The number of carbonyl (C=O) groups is 2. The van der Waals surface area contributed by atoms with Crippen molar-refractivity contribution in [3.63, 3.8) is 0 Å². The fourth-order valence-electron chi connectivity index (χ4n) is 0.802. The maximum atomic E-state index is 11.2. The highest BCUT2D eigenvalue weighted by Gasteiger charge is 2.22. The minimum absolute atomic E-state index is 0.0709. The van der Waals surface area contributed by atoms with Gasteiger partial charge in [0.15, 0.2) is 0 Å². The van der Waals surface area contributed by atoms with Crippen LogP contribution in [0, 0.1) is 0 Å². The molecular weight excluding hydrogens is 397 g/mol. The first-order valence-electron chi connectivity index (χ1n) is 5.09. The predicted molar refractivity (Wildman–Crippen MR) is 80.9 cm³/mol. The number of rotatable bonds is 6. The van der Waals surface area contributed by atoms with Crippen molar-refractivity contribution in [3.05, 3.63) is 12.2 Å². The standard InChI is InChI=1S/C10H10Cl6O4/c11-9(12,13)5-19-7(17)3-1-2-4-8(18)20-6-10(14,15)16/h1-2H,3-6H2. The molecule has 0 aromatic carbocycles. The SMILES string of the molecule is O=C(CC=CCC(=O)OCC(Cl)(Cl)Cl)OCC(Cl)(Cl)Cl. The average molecular weight is 407 g/mol. The van der Waals surface area contributed by atoms with E-state index in [1.807, 2.05) is 0 Å². The number of hydrogen-bond donors (Lipinski definition) is 0. The van der Waals surface area contributed by atoms with Gasteiger partial charge in [0.2, 0.25) is 7.59 Å². The first-order chi connectivity index (χ1) is 8.99. The van der Waals surface area contributed by atoms with Gasteiger partial charge in [-0.25, -0.2) is 0 Å². The van der Waals surface area contributed by atoms with Gasteiger partial charge >= 0.3 is 11.9 Å². The predicted octanol–water partition coefficient (Wildman–Crippen LogP) is 4.15. The number of ether oxygens (including phenoxy) is 2. The van der Waals surface area contributed by atoms with Crippen molar-refractivity contribution in [1.29, 1.82) is 0 Å². The fourth-order valence-corrected chi connectivity index (χ4v) is 1.13. The van der Waals surface area contributed by atoms with Crippen LogP contribution in [0.2, 0.25) is 0 Å². The van der Waals surface area contributed by atoms with Gasteiger partial charge in [-0.1, -0.05) is 81.8 Å². The minimum Gasteiger partial charge on any atom is -0.461 e. The van der Waals surface area contributed by atoms with Crippen molar-refractivity contribution in [1.82, 2.24) is 0 Å². The van der Waals surface area contributed by atoms with Crippen LogP contribution >= 0.6 is 69.6 Å². The van der Waals surface area contributed by atoms with Gasteiger partial charge in [0.1, 0.15) is 13.2 Å². The molecule has 0 amide bonds. The summed E-state index contributed by atoms with van der Waals surface area (Å²) in [6, 6.07) is 0. The maximum absolute atomic E-state index is 11.2. The van der Waals surface area contributed by atoms with Crippen LogP contribution in [0.1, 0.15) is 12.8 Å². The minimum atomic E-state index is -1.65. The Morgan fingerprint density at radius 1 is 0.750 bits per heavy atom. The van der Waals surface area contributed by atoms with E-state index in [1.54, 1.807) is 0 Å². The maximum Gasteiger partial charge on any atom is 0.309 e. The zero-order chi connectivity index (χ0) is 15.8. The van der Waals surface area contributed by atoms with Gasteiger partial charge < -0.3 is 9.47 Å². The van der Waals surface area contributed by atoms with Crippen molar-refractivity contribution in [2.24, 2.45) is 0 Å². The zero-order valence-electron chi connectivity index (χ0n) is 9.88. The molecule has 0 N–H and O–H groups in total. The third-order valence-corrected chi connectivity index (χ3v) is 2.18. The van der Waals surface area contributed by atoms with E-state index in [-0.39, 0.29) is 26.1 Å². The number of carbonyl (C=O) groups excluding carboxylic acids is 2. The summed E-state index contributed by atoms with van der Waals surface area (Å²) in [6.07, 6.45) is 2.69. The summed E-state index contributed by atoms with van der Waals surface area (Å²) in [7, 11) is 0. The molecule has 0 heterocycles. The lowest BCUT2D eigenvalue weighted by Gasteiger charge is -2.10. The Labute approximate surface area is 146 Å². The summed E-state index contributed by atoms with van der Waals surface area (Å²) in [5.41, 5.74) is 0. The Balaban J connectivity index is 3.81. The summed E-state index contributed by atoms with van der Waals surface area (Å²) in [5.74, 6) is -1.19. The van der Waals surface area contributed by atoms with E-state index in [9.17, 15) is 9.59 Å². The Bertz CT molecular complexity index is 324. The third kappa shape index (κ3) is 14.8. The Hall–Kier alpha value is 0.420. The zero-order valence-corrected chi connectivity index (χ0v) is 14.4. The van der Waals surface area contributed by atoms with Crippen LogP contribution in [0.25, 0.3) is 0 Å². The third-order valence-electron chi connectivity index (χ3n) is 1.53. The lowest BCUT2D eigenvalue weighted by Crippen LogP contribution is -2.17. The van der Waals surface area contributed by atoms with Crippen molar-refractivity contribution >= 4 is 81.5 Å². The summed E-state index contributed by atoms with van der Waals surface area (Å²) in [6.45, 7) is -0.703. The monoisotopic (exact) mass is 404 g/mol. The summed E-state index contributed by atoms with van der Waals surface area (Å²) >= 11 is 32.4. The highest BCUT2D eigenvalue weighted by molar-refractivity contribution is 6.68. The topological polar surface area (TPSA) is 52.6 Å². The lowest BCUT2D eigenvalue weighted by atomic mass is 10.3. The van der Waals surface area contributed by atoms with Crippen molar-refractivity contribution in [3.8, 4) is 0 Å². The molecule has 0 fully saturated rings. The molecular formula is C10H10Cl6O4. The van der Waals surface area contributed by atoms with E-state index in [0.717, 1.165) is 0 Å². The molecule has 4 nitrogen and oxygen atoms in total. The van der Waals surface area contributed by atoms with E-state index in [2.05, 4.69) is 9.47 Å². The smallest absolute Gasteiger partial charge is 0.309 e. The molecule has 0 unspecified atom stereocenters. The molecule has 10 heteroatoms. The largest absolute Gasteiger partial charge is 0.461 e. The average Bonchev–Trinajstić information content (AvgIpc) is 2.27. The molecule has 0 rings (SSSR count). The van der Waals surface area contributed by atoms with E-state index in [0.29, 0.717) is 0 Å². The van der Waals surface area contributed by atoms with Crippen LogP contribution in [0.4, 0.5) is 0 Å². The molecule has 0 atom stereocenters. The van der Waals surface area contributed by atoms with Gasteiger partial charge in [-0.15, -0.1) is 0 Å². The van der Waals surface area contributed by atoms with E-state index in [4.69, 9.17) is 69.6 Å². The molecule has 0 aliphatic rings. The van der Waals surface area contributed by atoms with Gasteiger partial charge in [-0.3, -0.25) is 9.59 Å². The molecule has 0 bridgehead atoms. The molecule has 0 spiro atoms. The van der Waals surface area contributed by atoms with Crippen LogP contribution in [0.15, 0.2) is 12.2 Å². The summed E-state index contributed by atoms with van der Waals surface area (Å²) < 4.78 is 6.00. The molecule has 0 radical (unpaired) electrons. The number of esters is 2. The first kappa shape index (κ1) is 20.4. The van der Waals surface area contributed by atoms with Gasteiger partial charge in [-0.05, 0) is 0 Å². The van der Waals surface area contributed by atoms with Gasteiger partial charge in [0.25, 0.3) is 0 Å². The van der Waals surface area contributed by atoms with Crippen LogP contribution in [-0.4, -0.2) is 32.7 Å². The van der Waals surface area contributed by atoms with E-state index < -0.39 is 19.5 Å². The summed E-state index contributed by atoms with van der Waals surface area (Å²) in [4.78, 5) is 22.3. The highest BCUT2D eigenvalue weighted by Crippen LogP contribution is 2.26. The normalized spacial score (nSPS) is 12.5. The Morgan fingerprint density at radius 2 is 1.05 bits per heavy atom. The lowest BCUT2D eigenvalue weighted by molar-refractivity contribution is -0.143. The Kier molecular flexibility index (Phi) is 9.64. The van der Waals surface area contributed by atoms with Gasteiger partial charge in [0, 0.05) is 0 Å². The number of hydrogen-bond acceptors (Lipinski definition) is 4. The Morgan fingerprint density at radius 3 is 1.30 bits per heavy atom. The molecule has 20 heavy (non-hydrogen) atoms. The highest BCUT2D eigenvalue weighted by atomic mass is 35.6. The second-order valence-corrected chi connectivity index (χ2v) is 8.46. The fraction of sp³-hybridized carbons (Fsp3) is 0.600. The van der Waals surface area contributed by atoms with Crippen LogP contribution in [0.3, 0.4) is 0 Å². The van der Waals surface area contributed by atoms with Gasteiger partial charge in [-0.2, -0.15) is 0 Å². The van der Waals surface area contributed by atoms with Crippen molar-refractivity contribution in [2.75, 3.05) is 13.2 Å². The number of halogens is 6. The molecule has 0 aromatic rings. The molecule has 0 aliphatic heterocycles. The molecule has 0 aliphatic carbocycles. The van der Waals surface area contributed by atoms with E-state index in [1.165, 1.54) is 12.2 Å². The molecule has 116 valence electrons. The van der Waals surface area contributed by atoms with Crippen LogP contribution in [-0.2, 0) is 19.1 Å². The second kappa shape index (κ2) is 9.44. The van der Waals surface area contributed by atoms with Crippen molar-refractivity contribution in [2.45, 2.75) is 20.4 Å². The molecule has 0 saturated heterocycles. The quantitative estimate of drug-likeness (QED) is 0.378. The van der Waals surface area contributed by atoms with Gasteiger partial charge in [0.05, 0.1) is 12.8 Å². The van der Waals surface area contributed by atoms with Crippen LogP contribution < -0.4 is 0 Å². The van der Waals surface area contributed by atoms with Crippen molar-refractivity contribution < 1.29 is 19.1 Å². The first-order valence-corrected chi connectivity index (χ1v) is 7.36.